The number of hydrogen-bond donors (Lipinski definition) is 1. The van der Waals surface area contributed by atoms with Crippen molar-refractivity contribution in [3.8, 4) is 0 Å². The lowest BCUT2D eigenvalue weighted by Gasteiger charge is -2.39. The highest BCUT2D eigenvalue weighted by molar-refractivity contribution is 6.74. The number of hydrogen-bond acceptors (Lipinski definition) is 5. The number of aromatic amines is 1. The van der Waals surface area contributed by atoms with Gasteiger partial charge in [0.25, 0.3) is 5.56 Å². The van der Waals surface area contributed by atoms with E-state index in [2.05, 4.69) is 45.4 Å². The summed E-state index contributed by atoms with van der Waals surface area (Å²) < 4.78 is 19.5. The van der Waals surface area contributed by atoms with Crippen molar-refractivity contribution in [2.75, 3.05) is 13.2 Å². The summed E-state index contributed by atoms with van der Waals surface area (Å²) in [7, 11) is -2.01. The van der Waals surface area contributed by atoms with Gasteiger partial charge in [0.1, 0.15) is 6.10 Å². The highest BCUT2D eigenvalue weighted by Gasteiger charge is 2.39. The second-order valence-electron chi connectivity index (χ2n) is 8.40. The Morgan fingerprint density at radius 2 is 2.00 bits per heavy atom. The van der Waals surface area contributed by atoms with Crippen LogP contribution in [0.1, 0.15) is 39.3 Å². The predicted molar refractivity (Wildman–Crippen MR) is 113 cm³/mol. The van der Waals surface area contributed by atoms with Gasteiger partial charge in [-0.25, -0.2) is 4.79 Å². The summed E-state index contributed by atoms with van der Waals surface area (Å²) in [6.07, 6.45) is 5.65. The molecule has 0 unspecified atom stereocenters. The maximum Gasteiger partial charge on any atom is 0.328 e. The van der Waals surface area contributed by atoms with Gasteiger partial charge in [0, 0.05) is 12.8 Å². The summed E-state index contributed by atoms with van der Waals surface area (Å²) in [5, 5.41) is 0.0527. The number of rotatable bonds is 7. The van der Waals surface area contributed by atoms with E-state index in [0.29, 0.717) is 18.8 Å². The number of nitrogens with one attached hydrogen (secondary N) is 1. The molecule has 0 radical (unpaired) electrons. The molecular weight excluding hydrogens is 376 g/mol. The molecule has 1 aliphatic heterocycles. The minimum atomic E-state index is -2.01. The molecule has 0 amide bonds. The standard InChI is InChI=1S/C20H32N2O5Si/c1-8-14-12-22(19(24)21-18(14)23)15-10-11-17(25-9-2)27-16(15)13-26-28(6,7)20(3,4)5/h8,10-12,15-17H,1,9,13H2,2-7H3,(H,21,23,24)/t15-,16+,17-/m0/s1. The Labute approximate surface area is 167 Å². The third-order valence-electron chi connectivity index (χ3n) is 5.44. The van der Waals surface area contributed by atoms with E-state index >= 15 is 0 Å². The van der Waals surface area contributed by atoms with Crippen molar-refractivity contribution in [3.05, 3.63) is 51.3 Å². The average molecular weight is 409 g/mol. The molecule has 2 heterocycles. The van der Waals surface area contributed by atoms with Crippen molar-refractivity contribution in [3.63, 3.8) is 0 Å². The first-order valence-electron chi connectivity index (χ1n) is 9.57. The molecule has 0 spiro atoms. The lowest BCUT2D eigenvalue weighted by atomic mass is 10.1. The summed E-state index contributed by atoms with van der Waals surface area (Å²) in [6, 6.07) is -0.426. The topological polar surface area (TPSA) is 82.6 Å². The number of H-pyrrole nitrogens is 1. The van der Waals surface area contributed by atoms with Gasteiger partial charge in [-0.1, -0.05) is 39.5 Å². The van der Waals surface area contributed by atoms with E-state index in [1.54, 1.807) is 6.08 Å². The molecular formula is C20H32N2O5Si. The molecule has 0 fully saturated rings. The maximum atomic E-state index is 12.4. The van der Waals surface area contributed by atoms with Crippen LogP contribution in [0.5, 0.6) is 0 Å². The molecule has 156 valence electrons. The number of aromatic nitrogens is 2. The molecule has 28 heavy (non-hydrogen) atoms. The first kappa shape index (κ1) is 22.5. The van der Waals surface area contributed by atoms with E-state index in [1.807, 2.05) is 13.0 Å². The van der Waals surface area contributed by atoms with Crippen LogP contribution in [0.25, 0.3) is 6.08 Å². The van der Waals surface area contributed by atoms with E-state index in [4.69, 9.17) is 13.9 Å². The molecule has 2 rings (SSSR count). The third-order valence-corrected chi connectivity index (χ3v) is 9.94. The first-order valence-corrected chi connectivity index (χ1v) is 12.5. The lowest BCUT2D eigenvalue weighted by Crippen LogP contribution is -2.47. The van der Waals surface area contributed by atoms with Gasteiger partial charge in [0.15, 0.2) is 14.6 Å². The van der Waals surface area contributed by atoms with Gasteiger partial charge in [-0.15, -0.1) is 0 Å². The van der Waals surface area contributed by atoms with Crippen LogP contribution in [0.2, 0.25) is 18.1 Å². The molecule has 0 saturated carbocycles. The van der Waals surface area contributed by atoms with Crippen molar-refractivity contribution in [1.29, 1.82) is 0 Å². The average Bonchev–Trinajstić information content (AvgIpc) is 2.60. The quantitative estimate of drug-likeness (QED) is 0.554. The van der Waals surface area contributed by atoms with Gasteiger partial charge >= 0.3 is 5.69 Å². The normalized spacial score (nSPS) is 23.0. The van der Waals surface area contributed by atoms with Crippen molar-refractivity contribution in [2.45, 2.75) is 64.3 Å². The molecule has 1 aromatic heterocycles. The molecule has 3 atom stereocenters. The van der Waals surface area contributed by atoms with Gasteiger partial charge in [-0.2, -0.15) is 0 Å². The van der Waals surface area contributed by atoms with Crippen LogP contribution in [0.3, 0.4) is 0 Å². The first-order chi connectivity index (χ1) is 13.0. The zero-order valence-electron chi connectivity index (χ0n) is 17.7. The van der Waals surface area contributed by atoms with Crippen LogP contribution < -0.4 is 11.2 Å². The number of ether oxygens (including phenoxy) is 2. The Bertz CT molecular complexity index is 834. The number of nitrogens with zero attached hydrogens (tertiary/aromatic N) is 1. The summed E-state index contributed by atoms with van der Waals surface area (Å²) >= 11 is 0. The second kappa shape index (κ2) is 8.73. The molecule has 0 aromatic carbocycles. The Kier molecular flexibility index (Phi) is 7.03. The largest absolute Gasteiger partial charge is 0.414 e. The summed E-state index contributed by atoms with van der Waals surface area (Å²) in [6.45, 7) is 17.2. The monoisotopic (exact) mass is 408 g/mol. The smallest absolute Gasteiger partial charge is 0.328 e. The van der Waals surface area contributed by atoms with E-state index in [0.717, 1.165) is 0 Å². The van der Waals surface area contributed by atoms with Gasteiger partial charge in [0.05, 0.1) is 18.2 Å². The van der Waals surface area contributed by atoms with Crippen molar-refractivity contribution in [2.24, 2.45) is 0 Å². The molecule has 0 saturated heterocycles. The summed E-state index contributed by atoms with van der Waals surface area (Å²) in [5.41, 5.74) is -0.636. The summed E-state index contributed by atoms with van der Waals surface area (Å²) in [5.74, 6) is 0. The van der Waals surface area contributed by atoms with Gasteiger partial charge < -0.3 is 13.9 Å². The predicted octanol–water partition coefficient (Wildman–Crippen LogP) is 3.06. The zero-order valence-corrected chi connectivity index (χ0v) is 18.7. The van der Waals surface area contributed by atoms with Gasteiger partial charge in [-0.05, 0) is 31.1 Å². The van der Waals surface area contributed by atoms with Gasteiger partial charge in [-0.3, -0.25) is 14.3 Å². The maximum absolute atomic E-state index is 12.4. The van der Waals surface area contributed by atoms with Gasteiger partial charge in [0.2, 0.25) is 0 Å². The van der Waals surface area contributed by atoms with Crippen LogP contribution in [0.15, 0.2) is 34.5 Å². The van der Waals surface area contributed by atoms with Crippen LogP contribution in [-0.2, 0) is 13.9 Å². The van der Waals surface area contributed by atoms with Crippen molar-refractivity contribution in [1.82, 2.24) is 9.55 Å². The van der Waals surface area contributed by atoms with Crippen molar-refractivity contribution >= 4 is 14.4 Å². The highest BCUT2D eigenvalue weighted by Crippen LogP contribution is 2.37. The van der Waals surface area contributed by atoms with E-state index < -0.39 is 38.0 Å². The molecule has 0 aliphatic carbocycles. The minimum absolute atomic E-state index is 0.0527. The van der Waals surface area contributed by atoms with E-state index in [9.17, 15) is 9.59 Å². The van der Waals surface area contributed by atoms with Crippen LogP contribution in [-0.4, -0.2) is 43.5 Å². The fourth-order valence-electron chi connectivity index (χ4n) is 2.67. The molecule has 1 aliphatic rings. The molecule has 1 aromatic rings. The molecule has 7 nitrogen and oxygen atoms in total. The minimum Gasteiger partial charge on any atom is -0.414 e. The van der Waals surface area contributed by atoms with Crippen LogP contribution in [0, 0.1) is 0 Å². The Morgan fingerprint density at radius 1 is 1.32 bits per heavy atom. The Hall–Kier alpha value is -1.74. The second-order valence-corrected chi connectivity index (χ2v) is 13.2. The fraction of sp³-hybridized carbons (Fsp3) is 0.600. The highest BCUT2D eigenvalue weighted by atomic mass is 28.4. The Morgan fingerprint density at radius 3 is 2.57 bits per heavy atom. The van der Waals surface area contributed by atoms with E-state index in [1.165, 1.54) is 16.8 Å². The summed E-state index contributed by atoms with van der Waals surface area (Å²) in [4.78, 5) is 26.6. The molecule has 1 N–H and O–H groups in total. The molecule has 0 bridgehead atoms. The van der Waals surface area contributed by atoms with Crippen LogP contribution >= 0.6 is 0 Å². The third kappa shape index (κ3) is 4.99. The van der Waals surface area contributed by atoms with Crippen LogP contribution in [0.4, 0.5) is 0 Å². The fourth-order valence-corrected chi connectivity index (χ4v) is 3.68. The zero-order chi connectivity index (χ0) is 21.1. The molecule has 8 heteroatoms. The van der Waals surface area contributed by atoms with E-state index in [-0.39, 0.29) is 5.04 Å². The lowest BCUT2D eigenvalue weighted by molar-refractivity contribution is -0.163. The van der Waals surface area contributed by atoms with Crippen molar-refractivity contribution < 1.29 is 13.9 Å². The SMILES string of the molecule is C=Cc1cn([C@H]2C=C[C@@H](OCC)O[C@@H]2CO[Si](C)(C)C(C)(C)C)c(=O)[nH]c1=O. The Balaban J connectivity index is 2.37.